The van der Waals surface area contributed by atoms with Crippen molar-refractivity contribution in [2.75, 3.05) is 4.90 Å². The van der Waals surface area contributed by atoms with Crippen LogP contribution in [-0.4, -0.2) is 0 Å². The molecule has 55 heavy (non-hydrogen) atoms. The van der Waals surface area contributed by atoms with Gasteiger partial charge in [-0.25, -0.2) is 0 Å². The van der Waals surface area contributed by atoms with Crippen molar-refractivity contribution in [2.24, 2.45) is 0 Å². The van der Waals surface area contributed by atoms with Gasteiger partial charge in [-0.05, 0) is 81.6 Å². The number of anilines is 3. The molecule has 2 aromatic heterocycles. The van der Waals surface area contributed by atoms with Gasteiger partial charge in [0.1, 0.15) is 22.3 Å². The van der Waals surface area contributed by atoms with Gasteiger partial charge >= 0.3 is 0 Å². The van der Waals surface area contributed by atoms with E-state index in [0.717, 1.165) is 83.2 Å². The molecule has 0 aliphatic heterocycles. The number of furan rings is 2. The molecule has 258 valence electrons. The van der Waals surface area contributed by atoms with Crippen molar-refractivity contribution in [3.8, 4) is 33.4 Å². The second-order valence-electron chi connectivity index (χ2n) is 14.0. The lowest BCUT2D eigenvalue weighted by molar-refractivity contribution is 0.669. The summed E-state index contributed by atoms with van der Waals surface area (Å²) in [7, 11) is 0. The SMILES string of the molecule is c1ccc(-c2ccc(N(c3ccc(-c4cccc5c4oc4ccccc45)cc3)c3ccccc3-c3cccc4oc5ccc6ccccc6c5c34)cc2)cc1. The fourth-order valence-electron chi connectivity index (χ4n) is 8.33. The highest BCUT2D eigenvalue weighted by molar-refractivity contribution is 6.23. The third-order valence-corrected chi connectivity index (χ3v) is 10.9. The molecular formula is C52H33NO2. The Morgan fingerprint density at radius 2 is 0.891 bits per heavy atom. The van der Waals surface area contributed by atoms with Crippen molar-refractivity contribution in [3.63, 3.8) is 0 Å². The molecule has 0 amide bonds. The van der Waals surface area contributed by atoms with Crippen LogP contribution in [0.15, 0.2) is 209 Å². The Bertz CT molecular complexity index is 3190. The van der Waals surface area contributed by atoms with E-state index in [1.165, 1.54) is 21.9 Å². The summed E-state index contributed by atoms with van der Waals surface area (Å²) >= 11 is 0. The minimum atomic E-state index is 0.876. The van der Waals surface area contributed by atoms with Crippen molar-refractivity contribution in [2.45, 2.75) is 0 Å². The van der Waals surface area contributed by atoms with Crippen molar-refractivity contribution < 1.29 is 8.83 Å². The van der Waals surface area contributed by atoms with Crippen molar-refractivity contribution >= 4 is 71.7 Å². The molecule has 3 nitrogen and oxygen atoms in total. The Morgan fingerprint density at radius 3 is 1.73 bits per heavy atom. The van der Waals surface area contributed by atoms with Crippen molar-refractivity contribution in [1.29, 1.82) is 0 Å². The zero-order valence-corrected chi connectivity index (χ0v) is 29.8. The van der Waals surface area contributed by atoms with Gasteiger partial charge in [0.15, 0.2) is 0 Å². The van der Waals surface area contributed by atoms with Crippen LogP contribution in [0.5, 0.6) is 0 Å². The third-order valence-electron chi connectivity index (χ3n) is 10.9. The van der Waals surface area contributed by atoms with Gasteiger partial charge in [-0.3, -0.25) is 0 Å². The molecule has 11 rings (SSSR count). The molecule has 0 radical (unpaired) electrons. The molecule has 0 N–H and O–H groups in total. The molecule has 0 saturated heterocycles. The molecule has 9 aromatic carbocycles. The van der Waals surface area contributed by atoms with E-state index in [2.05, 4.69) is 193 Å². The maximum atomic E-state index is 6.53. The summed E-state index contributed by atoms with van der Waals surface area (Å²) in [6, 6.07) is 70.9. The van der Waals surface area contributed by atoms with Gasteiger partial charge in [0.2, 0.25) is 0 Å². The van der Waals surface area contributed by atoms with Crippen LogP contribution in [0.3, 0.4) is 0 Å². The van der Waals surface area contributed by atoms with Gasteiger partial charge in [0.25, 0.3) is 0 Å². The van der Waals surface area contributed by atoms with Crippen molar-refractivity contribution in [1.82, 2.24) is 0 Å². The van der Waals surface area contributed by atoms with Crippen LogP contribution in [0, 0.1) is 0 Å². The lowest BCUT2D eigenvalue weighted by atomic mass is 9.95. The first-order valence-electron chi connectivity index (χ1n) is 18.7. The molecule has 0 bridgehead atoms. The van der Waals surface area contributed by atoms with E-state index in [4.69, 9.17) is 8.83 Å². The topological polar surface area (TPSA) is 29.5 Å². The zero-order valence-electron chi connectivity index (χ0n) is 29.8. The Hall–Kier alpha value is -7.36. The van der Waals surface area contributed by atoms with Crippen LogP contribution < -0.4 is 4.90 Å². The first-order valence-corrected chi connectivity index (χ1v) is 18.7. The molecule has 0 saturated carbocycles. The summed E-state index contributed by atoms with van der Waals surface area (Å²) in [5, 5.41) is 6.90. The zero-order chi connectivity index (χ0) is 36.3. The lowest BCUT2D eigenvalue weighted by Gasteiger charge is -2.28. The first-order chi connectivity index (χ1) is 27.3. The van der Waals surface area contributed by atoms with Crippen LogP contribution in [0.4, 0.5) is 17.1 Å². The largest absolute Gasteiger partial charge is 0.456 e. The predicted molar refractivity (Wildman–Crippen MR) is 229 cm³/mol. The average molecular weight is 704 g/mol. The van der Waals surface area contributed by atoms with Gasteiger partial charge in [0, 0.05) is 44.0 Å². The van der Waals surface area contributed by atoms with Crippen LogP contribution in [0.25, 0.3) is 88.0 Å². The molecule has 0 fully saturated rings. The third kappa shape index (κ3) is 5.13. The smallest absolute Gasteiger partial charge is 0.143 e. The number of hydrogen-bond donors (Lipinski definition) is 0. The number of rotatable bonds is 6. The van der Waals surface area contributed by atoms with E-state index >= 15 is 0 Å². The number of nitrogens with zero attached hydrogens (tertiary/aromatic N) is 1. The summed E-state index contributed by atoms with van der Waals surface area (Å²) in [6.07, 6.45) is 0. The minimum absolute atomic E-state index is 0.876. The number of benzene rings is 9. The second kappa shape index (κ2) is 12.6. The molecular weight excluding hydrogens is 671 g/mol. The lowest BCUT2D eigenvalue weighted by Crippen LogP contribution is -2.11. The van der Waals surface area contributed by atoms with E-state index in [1.54, 1.807) is 0 Å². The summed E-state index contributed by atoms with van der Waals surface area (Å²) in [6.45, 7) is 0. The Kier molecular flexibility index (Phi) is 7.17. The first kappa shape index (κ1) is 31.2. The summed E-state index contributed by atoms with van der Waals surface area (Å²) < 4.78 is 13.0. The molecule has 0 spiro atoms. The summed E-state index contributed by atoms with van der Waals surface area (Å²) in [5.41, 5.74) is 13.5. The van der Waals surface area contributed by atoms with Crippen LogP contribution in [0.2, 0.25) is 0 Å². The Labute approximate surface area is 317 Å². The molecule has 0 aliphatic carbocycles. The van der Waals surface area contributed by atoms with Crippen LogP contribution in [0.1, 0.15) is 0 Å². The average Bonchev–Trinajstić information content (AvgIpc) is 3.84. The van der Waals surface area contributed by atoms with Crippen molar-refractivity contribution in [3.05, 3.63) is 200 Å². The Morgan fingerprint density at radius 1 is 0.309 bits per heavy atom. The van der Waals surface area contributed by atoms with Gasteiger partial charge in [-0.15, -0.1) is 0 Å². The molecule has 3 heteroatoms. The molecule has 0 unspecified atom stereocenters. The van der Waals surface area contributed by atoms with Gasteiger partial charge in [-0.2, -0.15) is 0 Å². The van der Waals surface area contributed by atoms with E-state index < -0.39 is 0 Å². The van der Waals surface area contributed by atoms with E-state index in [-0.39, 0.29) is 0 Å². The minimum Gasteiger partial charge on any atom is -0.456 e. The molecule has 11 aromatic rings. The van der Waals surface area contributed by atoms with Crippen LogP contribution in [-0.2, 0) is 0 Å². The summed E-state index contributed by atoms with van der Waals surface area (Å²) in [5.74, 6) is 0. The fraction of sp³-hybridized carbons (Fsp3) is 0. The standard InChI is InChI=1S/C52H33NO2/c1-2-12-34(13-3-1)35-24-29-38(30-25-35)53(39-31-26-37(27-32-39)41-18-10-20-45-43-17-7-9-22-47(43)55-52(41)45)46-21-8-6-16-42(46)44-19-11-23-48-51(44)50-40-15-5-4-14-36(40)28-33-49(50)54-48/h1-33H. The number of hydrogen-bond acceptors (Lipinski definition) is 3. The maximum absolute atomic E-state index is 6.53. The molecule has 0 aliphatic rings. The van der Waals surface area contributed by atoms with Gasteiger partial charge in [0.05, 0.1) is 5.69 Å². The fourth-order valence-corrected chi connectivity index (χ4v) is 8.33. The quantitative estimate of drug-likeness (QED) is 0.173. The highest BCUT2D eigenvalue weighted by Crippen LogP contribution is 2.46. The maximum Gasteiger partial charge on any atom is 0.143 e. The number of para-hydroxylation sites is 3. The van der Waals surface area contributed by atoms with Gasteiger partial charge in [-0.1, -0.05) is 152 Å². The predicted octanol–water partition coefficient (Wildman–Crippen LogP) is 15.1. The van der Waals surface area contributed by atoms with Gasteiger partial charge < -0.3 is 13.7 Å². The highest BCUT2D eigenvalue weighted by Gasteiger charge is 2.22. The second-order valence-corrected chi connectivity index (χ2v) is 14.0. The van der Waals surface area contributed by atoms with E-state index in [1.807, 2.05) is 12.1 Å². The molecule has 2 heterocycles. The van der Waals surface area contributed by atoms with E-state index in [9.17, 15) is 0 Å². The monoisotopic (exact) mass is 703 g/mol. The Balaban J connectivity index is 1.10. The molecule has 0 atom stereocenters. The number of fused-ring (bicyclic) bond motifs is 8. The van der Waals surface area contributed by atoms with E-state index in [0.29, 0.717) is 0 Å². The normalized spacial score (nSPS) is 11.6. The van der Waals surface area contributed by atoms with Crippen LogP contribution >= 0.6 is 0 Å². The highest BCUT2D eigenvalue weighted by atomic mass is 16.3. The summed E-state index contributed by atoms with van der Waals surface area (Å²) in [4.78, 5) is 2.37.